The lowest BCUT2D eigenvalue weighted by Gasteiger charge is -2.17. The van der Waals surface area contributed by atoms with Crippen molar-refractivity contribution in [1.29, 1.82) is 0 Å². The number of nitrogens with two attached hydrogens (primary N) is 1. The number of benzene rings is 1. The Hall–Kier alpha value is -2.14. The Kier molecular flexibility index (Phi) is 4.24. The fraction of sp³-hybridized carbons (Fsp3) is 0.412. The van der Waals surface area contributed by atoms with E-state index >= 15 is 0 Å². The molecule has 5 heteroatoms. The van der Waals surface area contributed by atoms with E-state index in [1.54, 1.807) is 0 Å². The van der Waals surface area contributed by atoms with Gasteiger partial charge in [-0.25, -0.2) is 9.97 Å². The summed E-state index contributed by atoms with van der Waals surface area (Å²) in [4.78, 5) is 11.5. The van der Waals surface area contributed by atoms with E-state index in [1.165, 1.54) is 0 Å². The van der Waals surface area contributed by atoms with Crippen LogP contribution in [0.15, 0.2) is 30.3 Å². The van der Waals surface area contributed by atoms with Crippen LogP contribution in [0.4, 0.5) is 5.95 Å². The molecule has 0 amide bonds. The molecular formula is C17H22N4O. The van der Waals surface area contributed by atoms with Crippen LogP contribution < -0.4 is 15.4 Å². The Morgan fingerprint density at radius 3 is 2.86 bits per heavy atom. The molecular weight excluding hydrogens is 276 g/mol. The normalized spacial score (nSPS) is 17.8. The molecule has 22 heavy (non-hydrogen) atoms. The van der Waals surface area contributed by atoms with Crippen LogP contribution in [0.25, 0.3) is 11.3 Å². The Morgan fingerprint density at radius 1 is 1.32 bits per heavy atom. The van der Waals surface area contributed by atoms with Gasteiger partial charge in [0.1, 0.15) is 5.75 Å². The molecule has 1 unspecified atom stereocenters. The van der Waals surface area contributed by atoms with Crippen molar-refractivity contribution < 1.29 is 4.74 Å². The molecule has 1 atom stereocenters. The van der Waals surface area contributed by atoms with Crippen molar-refractivity contribution in [3.8, 4) is 17.0 Å². The summed E-state index contributed by atoms with van der Waals surface area (Å²) in [6, 6.07) is 10.2. The van der Waals surface area contributed by atoms with Gasteiger partial charge in [0.15, 0.2) is 0 Å². The lowest BCUT2D eigenvalue weighted by molar-refractivity contribution is 0.341. The zero-order valence-electron chi connectivity index (χ0n) is 13.1. The second-order valence-electron chi connectivity index (χ2n) is 5.62. The number of aromatic nitrogens is 2. The molecule has 2 N–H and O–H groups in total. The van der Waals surface area contributed by atoms with Gasteiger partial charge in [0.05, 0.1) is 12.3 Å². The number of nitrogens with zero attached hydrogens (tertiary/aromatic N) is 3. The summed E-state index contributed by atoms with van der Waals surface area (Å²) in [5.74, 6) is 1.61. The van der Waals surface area contributed by atoms with E-state index in [-0.39, 0.29) is 6.04 Å². The van der Waals surface area contributed by atoms with Gasteiger partial charge in [-0.3, -0.25) is 0 Å². The first-order chi connectivity index (χ1) is 10.7. The van der Waals surface area contributed by atoms with E-state index in [2.05, 4.69) is 9.88 Å². The van der Waals surface area contributed by atoms with Crippen molar-refractivity contribution in [2.45, 2.75) is 26.3 Å². The first-order valence-corrected chi connectivity index (χ1v) is 7.75. The lowest BCUT2D eigenvalue weighted by atomic mass is 10.1. The summed E-state index contributed by atoms with van der Waals surface area (Å²) in [7, 11) is 0. The van der Waals surface area contributed by atoms with Gasteiger partial charge in [0, 0.05) is 30.4 Å². The maximum Gasteiger partial charge on any atom is 0.226 e. The predicted octanol–water partition coefficient (Wildman–Crippen LogP) is 2.39. The maximum absolute atomic E-state index is 6.00. The molecule has 0 aliphatic carbocycles. The highest BCUT2D eigenvalue weighted by molar-refractivity contribution is 5.68. The quantitative estimate of drug-likeness (QED) is 0.939. The summed E-state index contributed by atoms with van der Waals surface area (Å²) < 4.78 is 5.72. The fourth-order valence-corrected chi connectivity index (χ4v) is 2.76. The van der Waals surface area contributed by atoms with Crippen LogP contribution in [0, 0.1) is 6.92 Å². The average molecular weight is 298 g/mol. The van der Waals surface area contributed by atoms with Gasteiger partial charge in [-0.15, -0.1) is 0 Å². The molecule has 1 aromatic heterocycles. The molecule has 3 rings (SSSR count). The van der Waals surface area contributed by atoms with Crippen LogP contribution in [0.5, 0.6) is 5.75 Å². The van der Waals surface area contributed by atoms with E-state index < -0.39 is 0 Å². The minimum absolute atomic E-state index is 0.211. The third kappa shape index (κ3) is 3.04. The van der Waals surface area contributed by atoms with Crippen LogP contribution >= 0.6 is 0 Å². The van der Waals surface area contributed by atoms with E-state index in [9.17, 15) is 0 Å². The topological polar surface area (TPSA) is 64.3 Å². The largest absolute Gasteiger partial charge is 0.493 e. The van der Waals surface area contributed by atoms with Crippen LogP contribution in [0.1, 0.15) is 19.0 Å². The highest BCUT2D eigenvalue weighted by Gasteiger charge is 2.22. The third-order valence-corrected chi connectivity index (χ3v) is 3.81. The number of hydrogen-bond acceptors (Lipinski definition) is 5. The molecule has 0 bridgehead atoms. The van der Waals surface area contributed by atoms with Gasteiger partial charge in [-0.1, -0.05) is 12.1 Å². The van der Waals surface area contributed by atoms with Gasteiger partial charge in [-0.05, 0) is 38.5 Å². The predicted molar refractivity (Wildman–Crippen MR) is 88.2 cm³/mol. The van der Waals surface area contributed by atoms with Crippen LogP contribution in [0.2, 0.25) is 0 Å². The van der Waals surface area contributed by atoms with Crippen LogP contribution in [-0.2, 0) is 0 Å². The van der Waals surface area contributed by atoms with E-state index in [1.807, 2.05) is 44.2 Å². The molecule has 1 fully saturated rings. The number of para-hydroxylation sites is 1. The monoisotopic (exact) mass is 298 g/mol. The van der Waals surface area contributed by atoms with Gasteiger partial charge in [0.25, 0.3) is 0 Å². The minimum Gasteiger partial charge on any atom is -0.493 e. The van der Waals surface area contributed by atoms with Crippen molar-refractivity contribution >= 4 is 5.95 Å². The van der Waals surface area contributed by atoms with Gasteiger partial charge in [0.2, 0.25) is 5.95 Å². The SMILES string of the molecule is CCOc1ccccc1-c1cc(C)nc(N2CCC(N)C2)n1. The van der Waals surface area contributed by atoms with Gasteiger partial charge >= 0.3 is 0 Å². The van der Waals surface area contributed by atoms with Crippen molar-refractivity contribution in [3.63, 3.8) is 0 Å². The molecule has 0 spiro atoms. The zero-order valence-corrected chi connectivity index (χ0v) is 13.1. The van der Waals surface area contributed by atoms with E-state index in [0.29, 0.717) is 6.61 Å². The Labute approximate surface area is 131 Å². The summed E-state index contributed by atoms with van der Waals surface area (Å²) >= 11 is 0. The molecule has 116 valence electrons. The highest BCUT2D eigenvalue weighted by atomic mass is 16.5. The minimum atomic E-state index is 0.211. The van der Waals surface area contributed by atoms with Gasteiger partial charge < -0.3 is 15.4 Å². The molecule has 1 aromatic carbocycles. The number of hydrogen-bond donors (Lipinski definition) is 1. The summed E-state index contributed by atoms with van der Waals surface area (Å²) in [5.41, 5.74) is 8.84. The standard InChI is InChI=1S/C17H22N4O/c1-3-22-16-7-5-4-6-14(16)15-10-12(2)19-17(20-15)21-9-8-13(18)11-21/h4-7,10,13H,3,8-9,11,18H2,1-2H3. The molecule has 0 saturated carbocycles. The van der Waals surface area contributed by atoms with Gasteiger partial charge in [-0.2, -0.15) is 0 Å². The fourth-order valence-electron chi connectivity index (χ4n) is 2.76. The number of anilines is 1. The zero-order chi connectivity index (χ0) is 15.5. The lowest BCUT2D eigenvalue weighted by Crippen LogP contribution is -2.27. The number of aryl methyl sites for hydroxylation is 1. The summed E-state index contributed by atoms with van der Waals surface area (Å²) in [5, 5.41) is 0. The molecule has 5 nitrogen and oxygen atoms in total. The van der Waals surface area contributed by atoms with Crippen molar-refractivity contribution in [3.05, 3.63) is 36.0 Å². The number of ether oxygens (including phenoxy) is 1. The molecule has 2 heterocycles. The third-order valence-electron chi connectivity index (χ3n) is 3.81. The maximum atomic E-state index is 6.00. The second kappa shape index (κ2) is 6.32. The molecule has 1 aliphatic rings. The van der Waals surface area contributed by atoms with E-state index in [4.69, 9.17) is 15.5 Å². The molecule has 1 saturated heterocycles. The van der Waals surface area contributed by atoms with Crippen molar-refractivity contribution in [2.24, 2.45) is 5.73 Å². The second-order valence-corrected chi connectivity index (χ2v) is 5.62. The Bertz CT molecular complexity index is 659. The Balaban J connectivity index is 1.99. The summed E-state index contributed by atoms with van der Waals surface area (Å²) in [6.45, 7) is 6.34. The first-order valence-electron chi connectivity index (χ1n) is 7.75. The molecule has 2 aromatic rings. The van der Waals surface area contributed by atoms with Crippen LogP contribution in [0.3, 0.4) is 0 Å². The molecule has 0 radical (unpaired) electrons. The summed E-state index contributed by atoms with van der Waals surface area (Å²) in [6.07, 6.45) is 0.988. The first kappa shape index (κ1) is 14.8. The smallest absolute Gasteiger partial charge is 0.226 e. The average Bonchev–Trinajstić information content (AvgIpc) is 2.94. The van der Waals surface area contributed by atoms with Crippen LogP contribution in [-0.4, -0.2) is 35.7 Å². The van der Waals surface area contributed by atoms with E-state index in [0.717, 1.165) is 48.2 Å². The van der Waals surface area contributed by atoms with Crippen molar-refractivity contribution in [1.82, 2.24) is 9.97 Å². The molecule has 1 aliphatic heterocycles. The Morgan fingerprint density at radius 2 is 2.14 bits per heavy atom. The number of rotatable bonds is 4. The van der Waals surface area contributed by atoms with Crippen molar-refractivity contribution in [2.75, 3.05) is 24.6 Å². The highest BCUT2D eigenvalue weighted by Crippen LogP contribution is 2.30.